The predicted molar refractivity (Wildman–Crippen MR) is 116 cm³/mol. The van der Waals surface area contributed by atoms with Crippen LogP contribution in [0.25, 0.3) is 0 Å². The van der Waals surface area contributed by atoms with E-state index < -0.39 is 29.3 Å². The number of alkyl halides is 4. The second-order valence-corrected chi connectivity index (χ2v) is 9.30. The lowest BCUT2D eigenvalue weighted by Gasteiger charge is -2.30. The number of carboxylic acid groups (broad SMARTS) is 1. The Hall–Kier alpha value is -2.42. The molecule has 2 atom stereocenters. The van der Waals surface area contributed by atoms with Crippen LogP contribution in [0.15, 0.2) is 59.2 Å². The first-order chi connectivity index (χ1) is 14.6. The van der Waals surface area contributed by atoms with E-state index >= 15 is 0 Å². The summed E-state index contributed by atoms with van der Waals surface area (Å²) in [6.45, 7) is 9.53. The lowest BCUT2D eigenvalue weighted by Crippen LogP contribution is -2.39. The van der Waals surface area contributed by atoms with E-state index in [0.29, 0.717) is 17.1 Å². The van der Waals surface area contributed by atoms with Crippen molar-refractivity contribution in [1.82, 2.24) is 0 Å². The summed E-state index contributed by atoms with van der Waals surface area (Å²) >= 11 is 1.45. The second kappa shape index (κ2) is 9.60. The van der Waals surface area contributed by atoms with Crippen LogP contribution in [-0.2, 0) is 9.53 Å². The highest BCUT2D eigenvalue weighted by Crippen LogP contribution is 2.42. The maximum Gasteiger partial charge on any atom is 0.398 e. The zero-order chi connectivity index (χ0) is 24.3. The molecule has 1 aromatic rings. The number of aliphatic carboxylic acids is 1. The van der Waals surface area contributed by atoms with Crippen molar-refractivity contribution in [2.45, 2.75) is 50.0 Å². The SMILES string of the molecule is C=C(COC1=CC(C)(F)C(C(F)(F)F)C=C1)CSc1ccc(OC(C)(C)C(=O)O)c(C)c1. The van der Waals surface area contributed by atoms with Crippen LogP contribution in [0.3, 0.4) is 0 Å². The second-order valence-electron chi connectivity index (χ2n) is 8.25. The Morgan fingerprint density at radius 3 is 2.50 bits per heavy atom. The maximum absolute atomic E-state index is 14.4. The molecule has 1 aromatic carbocycles. The van der Waals surface area contributed by atoms with Gasteiger partial charge in [-0.1, -0.05) is 12.7 Å². The van der Waals surface area contributed by atoms with Crippen molar-refractivity contribution in [1.29, 1.82) is 0 Å². The van der Waals surface area contributed by atoms with Crippen molar-refractivity contribution in [3.8, 4) is 5.75 Å². The fourth-order valence-corrected chi connectivity index (χ4v) is 3.75. The molecule has 1 aliphatic rings. The number of halogens is 4. The molecule has 0 radical (unpaired) electrons. The van der Waals surface area contributed by atoms with E-state index in [9.17, 15) is 27.5 Å². The van der Waals surface area contributed by atoms with E-state index in [1.165, 1.54) is 25.6 Å². The Morgan fingerprint density at radius 2 is 1.97 bits per heavy atom. The molecule has 0 bridgehead atoms. The van der Waals surface area contributed by atoms with Crippen LogP contribution in [0.2, 0.25) is 0 Å². The van der Waals surface area contributed by atoms with E-state index in [1.54, 1.807) is 19.1 Å². The summed E-state index contributed by atoms with van der Waals surface area (Å²) in [6, 6.07) is 5.33. The van der Waals surface area contributed by atoms with E-state index in [2.05, 4.69) is 6.58 Å². The molecule has 0 saturated heterocycles. The number of thioether (sulfide) groups is 1. The van der Waals surface area contributed by atoms with Gasteiger partial charge >= 0.3 is 12.1 Å². The number of hydrogen-bond donors (Lipinski definition) is 1. The highest BCUT2D eigenvalue weighted by molar-refractivity contribution is 7.99. The van der Waals surface area contributed by atoms with E-state index in [-0.39, 0.29) is 12.4 Å². The quantitative estimate of drug-likeness (QED) is 0.260. The van der Waals surface area contributed by atoms with Gasteiger partial charge in [-0.25, -0.2) is 9.18 Å². The summed E-state index contributed by atoms with van der Waals surface area (Å²) in [5, 5.41) is 9.19. The lowest BCUT2D eigenvalue weighted by molar-refractivity contribution is -0.185. The maximum atomic E-state index is 14.4. The van der Waals surface area contributed by atoms with Gasteiger partial charge in [0.25, 0.3) is 0 Å². The average molecular weight is 475 g/mol. The normalized spacial score (nSPS) is 21.1. The molecule has 0 fully saturated rings. The molecular formula is C23H26F4O4S. The standard InChI is InChI=1S/C23H26F4O4S/c1-14(12-30-16-6-9-19(23(25,26)27)22(5,24)11-16)13-32-17-7-8-18(15(2)10-17)31-21(3,4)20(28)29/h6-11,19H,1,12-13H2,2-5H3,(H,28,29). The van der Waals surface area contributed by atoms with Gasteiger partial charge in [0.15, 0.2) is 5.60 Å². The molecule has 0 amide bonds. The van der Waals surface area contributed by atoms with Crippen LogP contribution in [0.4, 0.5) is 17.6 Å². The van der Waals surface area contributed by atoms with Crippen molar-refractivity contribution in [3.05, 3.63) is 59.9 Å². The predicted octanol–water partition coefficient (Wildman–Crippen LogP) is 6.26. The van der Waals surface area contributed by atoms with Crippen LogP contribution in [-0.4, -0.2) is 40.9 Å². The first-order valence-corrected chi connectivity index (χ1v) is 10.7. The number of hydrogen-bond acceptors (Lipinski definition) is 4. The molecule has 2 rings (SSSR count). The van der Waals surface area contributed by atoms with Crippen molar-refractivity contribution in [2.75, 3.05) is 12.4 Å². The minimum absolute atomic E-state index is 0.0278. The Morgan fingerprint density at radius 1 is 1.31 bits per heavy atom. The molecule has 0 aromatic heterocycles. The van der Waals surface area contributed by atoms with Gasteiger partial charge in [-0.15, -0.1) is 11.8 Å². The minimum atomic E-state index is -4.68. The van der Waals surface area contributed by atoms with Crippen LogP contribution < -0.4 is 4.74 Å². The van der Waals surface area contributed by atoms with E-state index in [1.807, 2.05) is 6.07 Å². The Labute approximate surface area is 189 Å². The van der Waals surface area contributed by atoms with Gasteiger partial charge in [0, 0.05) is 10.6 Å². The molecule has 32 heavy (non-hydrogen) atoms. The van der Waals surface area contributed by atoms with Gasteiger partial charge in [-0.05, 0) is 69.2 Å². The third-order valence-electron chi connectivity index (χ3n) is 4.75. The zero-order valence-corrected chi connectivity index (χ0v) is 19.1. The first kappa shape index (κ1) is 25.8. The molecule has 1 N–H and O–H groups in total. The number of ether oxygens (including phenoxy) is 2. The number of allylic oxidation sites excluding steroid dienone is 3. The van der Waals surface area contributed by atoms with Crippen LogP contribution in [0.1, 0.15) is 26.3 Å². The van der Waals surface area contributed by atoms with Crippen LogP contribution in [0.5, 0.6) is 5.75 Å². The average Bonchev–Trinajstić information content (AvgIpc) is 2.64. The Kier molecular flexibility index (Phi) is 7.75. The fraction of sp³-hybridized carbons (Fsp3) is 0.435. The fourth-order valence-electron chi connectivity index (χ4n) is 2.87. The molecule has 0 heterocycles. The zero-order valence-electron chi connectivity index (χ0n) is 18.3. The van der Waals surface area contributed by atoms with Gasteiger partial charge in [0.05, 0.1) is 0 Å². The summed E-state index contributed by atoms with van der Waals surface area (Å²) in [5.41, 5.74) is -2.52. The van der Waals surface area contributed by atoms with Crippen LogP contribution in [0, 0.1) is 12.8 Å². The Balaban J connectivity index is 1.89. The van der Waals surface area contributed by atoms with Gasteiger partial charge < -0.3 is 14.6 Å². The summed E-state index contributed by atoms with van der Waals surface area (Å²) in [4.78, 5) is 12.1. The van der Waals surface area contributed by atoms with E-state index in [4.69, 9.17) is 9.47 Å². The van der Waals surface area contributed by atoms with E-state index in [0.717, 1.165) is 35.6 Å². The molecule has 9 heteroatoms. The number of aryl methyl sites for hydroxylation is 1. The minimum Gasteiger partial charge on any atom is -0.489 e. The molecule has 176 valence electrons. The monoisotopic (exact) mass is 474 g/mol. The highest BCUT2D eigenvalue weighted by atomic mass is 32.2. The molecule has 0 saturated carbocycles. The van der Waals surface area contributed by atoms with Gasteiger partial charge in [-0.3, -0.25) is 0 Å². The molecular weight excluding hydrogens is 448 g/mol. The number of rotatable bonds is 9. The number of carbonyl (C=O) groups is 1. The van der Waals surface area contributed by atoms with Gasteiger partial charge in [0.1, 0.15) is 29.7 Å². The molecule has 4 nitrogen and oxygen atoms in total. The molecule has 0 aliphatic heterocycles. The Bertz CT molecular complexity index is 932. The van der Waals surface area contributed by atoms with Crippen molar-refractivity contribution in [3.63, 3.8) is 0 Å². The summed E-state index contributed by atoms with van der Waals surface area (Å²) in [7, 11) is 0. The molecule has 1 aliphatic carbocycles. The largest absolute Gasteiger partial charge is 0.489 e. The summed E-state index contributed by atoms with van der Waals surface area (Å²) in [6.07, 6.45) is -1.94. The molecule has 2 unspecified atom stereocenters. The third kappa shape index (κ3) is 6.79. The lowest BCUT2D eigenvalue weighted by atomic mass is 9.86. The summed E-state index contributed by atoms with van der Waals surface area (Å²) in [5.74, 6) is -2.32. The summed E-state index contributed by atoms with van der Waals surface area (Å²) < 4.78 is 64.1. The number of carboxylic acids is 1. The van der Waals surface area contributed by atoms with Gasteiger partial charge in [0.2, 0.25) is 0 Å². The van der Waals surface area contributed by atoms with Crippen molar-refractivity contribution < 1.29 is 36.9 Å². The van der Waals surface area contributed by atoms with Crippen molar-refractivity contribution >= 4 is 17.7 Å². The third-order valence-corrected chi connectivity index (χ3v) is 5.89. The molecule has 0 spiro atoms. The van der Waals surface area contributed by atoms with Gasteiger partial charge in [-0.2, -0.15) is 13.2 Å². The number of benzene rings is 1. The highest BCUT2D eigenvalue weighted by Gasteiger charge is 2.51. The topological polar surface area (TPSA) is 55.8 Å². The first-order valence-electron chi connectivity index (χ1n) is 9.74. The smallest absolute Gasteiger partial charge is 0.398 e. The van der Waals surface area contributed by atoms with Crippen LogP contribution >= 0.6 is 11.8 Å². The van der Waals surface area contributed by atoms with Crippen molar-refractivity contribution in [2.24, 2.45) is 5.92 Å².